The molecule has 0 heterocycles. The Labute approximate surface area is 142 Å². The highest BCUT2D eigenvalue weighted by molar-refractivity contribution is 7.90. The van der Waals surface area contributed by atoms with Crippen molar-refractivity contribution in [3.63, 3.8) is 0 Å². The van der Waals surface area contributed by atoms with Crippen LogP contribution in [-0.4, -0.2) is 33.3 Å². The third-order valence-corrected chi connectivity index (χ3v) is 4.28. The van der Waals surface area contributed by atoms with Gasteiger partial charge in [0.25, 0.3) is 0 Å². The van der Waals surface area contributed by atoms with E-state index < -0.39 is 9.84 Å². The van der Waals surface area contributed by atoms with Crippen molar-refractivity contribution in [3.05, 3.63) is 70.8 Å². The zero-order valence-corrected chi connectivity index (χ0v) is 14.3. The molecule has 4 nitrogen and oxygen atoms in total. The van der Waals surface area contributed by atoms with E-state index in [1.807, 2.05) is 36.4 Å². The van der Waals surface area contributed by atoms with Crippen molar-refractivity contribution in [1.82, 2.24) is 5.32 Å². The Hall–Kier alpha value is -2.42. The van der Waals surface area contributed by atoms with Gasteiger partial charge in [-0.15, -0.1) is 0 Å². The maximum atomic E-state index is 11.0. The topological polar surface area (TPSA) is 63.2 Å². The molecule has 0 fully saturated rings. The number of rotatable bonds is 6. The van der Waals surface area contributed by atoms with Crippen molar-refractivity contribution in [1.29, 1.82) is 0 Å². The van der Waals surface area contributed by atoms with Gasteiger partial charge in [-0.25, -0.2) is 8.42 Å². The third kappa shape index (κ3) is 6.37. The lowest BCUT2D eigenvalue weighted by atomic mass is 10.1. The first-order valence-corrected chi connectivity index (χ1v) is 9.57. The van der Waals surface area contributed by atoms with E-state index in [0.29, 0.717) is 18.7 Å². The zero-order chi connectivity index (χ0) is 17.4. The molecule has 0 unspecified atom stereocenters. The van der Waals surface area contributed by atoms with Crippen molar-refractivity contribution in [2.24, 2.45) is 0 Å². The van der Waals surface area contributed by atoms with E-state index >= 15 is 0 Å². The molecule has 0 spiro atoms. The minimum atomic E-state index is -2.92. The van der Waals surface area contributed by atoms with Gasteiger partial charge in [0.1, 0.15) is 16.1 Å². The Kier molecular flexibility index (Phi) is 6.30. The lowest BCUT2D eigenvalue weighted by molar-refractivity contribution is 0.112. The highest BCUT2D eigenvalue weighted by Crippen LogP contribution is 2.05. The van der Waals surface area contributed by atoms with Crippen molar-refractivity contribution >= 4 is 16.1 Å². The van der Waals surface area contributed by atoms with Gasteiger partial charge in [0.05, 0.1) is 5.75 Å². The van der Waals surface area contributed by atoms with Crippen LogP contribution in [0.4, 0.5) is 0 Å². The number of benzene rings is 2. The molecule has 0 aliphatic carbocycles. The van der Waals surface area contributed by atoms with Crippen molar-refractivity contribution in [3.8, 4) is 11.8 Å². The molecular formula is C19H19NO3S. The SMILES string of the molecule is CS(=O)(=O)CCNCc1ccc(C#Cc2ccc(C=O)cc2)cc1. The predicted molar refractivity (Wildman–Crippen MR) is 95.7 cm³/mol. The summed E-state index contributed by atoms with van der Waals surface area (Å²) in [4.78, 5) is 10.6. The summed E-state index contributed by atoms with van der Waals surface area (Å²) in [5, 5.41) is 3.10. The first kappa shape index (κ1) is 17.9. The first-order chi connectivity index (χ1) is 11.5. The molecule has 0 aliphatic heterocycles. The average Bonchev–Trinajstić information content (AvgIpc) is 2.57. The fourth-order valence-electron chi connectivity index (χ4n) is 1.99. The summed E-state index contributed by atoms with van der Waals surface area (Å²) in [6.45, 7) is 1.06. The number of hydrogen-bond acceptors (Lipinski definition) is 4. The highest BCUT2D eigenvalue weighted by Gasteiger charge is 2.00. The van der Waals surface area contributed by atoms with Gasteiger partial charge in [-0.2, -0.15) is 0 Å². The van der Waals surface area contributed by atoms with E-state index in [4.69, 9.17) is 0 Å². The van der Waals surface area contributed by atoms with E-state index in [0.717, 1.165) is 23.0 Å². The minimum absolute atomic E-state index is 0.138. The normalized spacial score (nSPS) is 10.7. The van der Waals surface area contributed by atoms with Crippen LogP contribution in [0.25, 0.3) is 0 Å². The van der Waals surface area contributed by atoms with Crippen LogP contribution in [0.3, 0.4) is 0 Å². The Bertz CT molecular complexity index is 842. The molecular weight excluding hydrogens is 322 g/mol. The van der Waals surface area contributed by atoms with Gasteiger partial charge in [-0.05, 0) is 29.8 Å². The Morgan fingerprint density at radius 1 is 0.958 bits per heavy atom. The molecule has 0 atom stereocenters. The molecule has 0 saturated carbocycles. The van der Waals surface area contributed by atoms with E-state index in [9.17, 15) is 13.2 Å². The van der Waals surface area contributed by atoms with Gasteiger partial charge >= 0.3 is 0 Å². The van der Waals surface area contributed by atoms with E-state index in [2.05, 4.69) is 17.2 Å². The highest BCUT2D eigenvalue weighted by atomic mass is 32.2. The van der Waals surface area contributed by atoms with Gasteiger partial charge in [0.2, 0.25) is 0 Å². The fourth-order valence-corrected chi connectivity index (χ4v) is 2.50. The predicted octanol–water partition coefficient (Wildman–Crippen LogP) is 2.03. The maximum Gasteiger partial charge on any atom is 0.150 e. The number of nitrogens with one attached hydrogen (secondary N) is 1. The lowest BCUT2D eigenvalue weighted by Crippen LogP contribution is -2.21. The molecule has 5 heteroatoms. The third-order valence-electron chi connectivity index (χ3n) is 3.33. The summed E-state index contributed by atoms with van der Waals surface area (Å²) in [5.74, 6) is 6.27. The van der Waals surface area contributed by atoms with Crippen molar-refractivity contribution < 1.29 is 13.2 Å². The number of hydrogen-bond donors (Lipinski definition) is 1. The van der Waals surface area contributed by atoms with Crippen LogP contribution in [0.1, 0.15) is 27.0 Å². The molecule has 0 aliphatic rings. The molecule has 2 aromatic rings. The number of carbonyl (C=O) groups is 1. The summed E-state index contributed by atoms with van der Waals surface area (Å²) in [7, 11) is -2.92. The Balaban J connectivity index is 1.90. The van der Waals surface area contributed by atoms with Crippen LogP contribution in [0.15, 0.2) is 48.5 Å². The van der Waals surface area contributed by atoms with E-state index in [1.165, 1.54) is 6.26 Å². The van der Waals surface area contributed by atoms with Crippen LogP contribution in [-0.2, 0) is 16.4 Å². The molecule has 124 valence electrons. The monoisotopic (exact) mass is 341 g/mol. The van der Waals surface area contributed by atoms with Crippen LogP contribution in [0.5, 0.6) is 0 Å². The second-order valence-electron chi connectivity index (χ2n) is 5.49. The smallest absolute Gasteiger partial charge is 0.150 e. The molecule has 2 aromatic carbocycles. The average molecular weight is 341 g/mol. The second kappa shape index (κ2) is 8.44. The largest absolute Gasteiger partial charge is 0.312 e. The van der Waals surface area contributed by atoms with Crippen molar-refractivity contribution in [2.75, 3.05) is 18.6 Å². The Morgan fingerprint density at radius 2 is 1.50 bits per heavy atom. The summed E-state index contributed by atoms with van der Waals surface area (Å²) < 4.78 is 22.1. The fraction of sp³-hybridized carbons (Fsp3) is 0.211. The maximum absolute atomic E-state index is 11.0. The van der Waals surface area contributed by atoms with E-state index in [-0.39, 0.29) is 5.75 Å². The first-order valence-electron chi connectivity index (χ1n) is 7.51. The van der Waals surface area contributed by atoms with E-state index in [1.54, 1.807) is 12.1 Å². The number of sulfone groups is 1. The summed E-state index contributed by atoms with van der Waals surface area (Å²) >= 11 is 0. The standard InChI is InChI=1S/C19H19NO3S/c1-24(22,23)13-12-20-14-18-8-4-16(5-9-18)2-3-17-6-10-19(15-21)11-7-17/h4-11,15,20H,12-14H2,1H3. The second-order valence-corrected chi connectivity index (χ2v) is 7.75. The molecule has 0 bridgehead atoms. The van der Waals surface area contributed by atoms with Gasteiger partial charge in [0, 0.05) is 36.0 Å². The molecule has 0 amide bonds. The van der Waals surface area contributed by atoms with Gasteiger partial charge in [-0.3, -0.25) is 4.79 Å². The zero-order valence-electron chi connectivity index (χ0n) is 13.5. The van der Waals surface area contributed by atoms with Crippen molar-refractivity contribution in [2.45, 2.75) is 6.54 Å². The summed E-state index contributed by atoms with van der Waals surface area (Å²) in [6, 6.07) is 14.9. The quantitative estimate of drug-likeness (QED) is 0.496. The molecule has 0 saturated heterocycles. The van der Waals surface area contributed by atoms with Gasteiger partial charge in [-0.1, -0.05) is 36.1 Å². The van der Waals surface area contributed by atoms with Gasteiger partial charge < -0.3 is 5.32 Å². The van der Waals surface area contributed by atoms with Crippen LogP contribution < -0.4 is 5.32 Å². The molecule has 24 heavy (non-hydrogen) atoms. The molecule has 0 aromatic heterocycles. The Morgan fingerprint density at radius 3 is 2.00 bits per heavy atom. The molecule has 0 radical (unpaired) electrons. The summed E-state index contributed by atoms with van der Waals surface area (Å²) in [6.07, 6.45) is 2.04. The molecule has 2 rings (SSSR count). The molecule has 1 N–H and O–H groups in total. The number of carbonyl (C=O) groups excluding carboxylic acids is 1. The minimum Gasteiger partial charge on any atom is -0.312 e. The van der Waals surface area contributed by atoms with Crippen LogP contribution >= 0.6 is 0 Å². The summed E-state index contributed by atoms with van der Waals surface area (Å²) in [5.41, 5.74) is 3.46. The lowest BCUT2D eigenvalue weighted by Gasteiger charge is -2.04. The van der Waals surface area contributed by atoms with Crippen LogP contribution in [0.2, 0.25) is 0 Å². The van der Waals surface area contributed by atoms with Crippen LogP contribution in [0, 0.1) is 11.8 Å². The number of aldehydes is 1. The van der Waals surface area contributed by atoms with Gasteiger partial charge in [0.15, 0.2) is 0 Å².